The molecule has 2 aromatic rings. The van der Waals surface area contributed by atoms with Gasteiger partial charge in [0.05, 0.1) is 22.9 Å². The monoisotopic (exact) mass is 269 g/mol. The van der Waals surface area contributed by atoms with Crippen molar-refractivity contribution in [2.45, 2.75) is 6.54 Å². The van der Waals surface area contributed by atoms with E-state index in [0.717, 1.165) is 5.56 Å². The Morgan fingerprint density at radius 2 is 2.33 bits per heavy atom. The lowest BCUT2D eigenvalue weighted by molar-refractivity contribution is 0.418. The van der Waals surface area contributed by atoms with Crippen molar-refractivity contribution < 1.29 is 4.52 Å². The third kappa shape index (κ3) is 2.10. The summed E-state index contributed by atoms with van der Waals surface area (Å²) in [6.45, 7) is 0.562. The summed E-state index contributed by atoms with van der Waals surface area (Å²) < 4.78 is 6.93. The van der Waals surface area contributed by atoms with E-state index >= 15 is 0 Å². The van der Waals surface area contributed by atoms with Crippen molar-refractivity contribution >= 4 is 21.6 Å². The number of nitrogen functional groups attached to an aromatic ring is 1. The average Bonchev–Trinajstić information content (AvgIpc) is 2.66. The summed E-state index contributed by atoms with van der Waals surface area (Å²) in [6, 6.07) is 0. The van der Waals surface area contributed by atoms with E-state index in [2.05, 4.69) is 21.1 Å². The van der Waals surface area contributed by atoms with Gasteiger partial charge in [0.1, 0.15) is 6.26 Å². The lowest BCUT2D eigenvalue weighted by Gasteiger charge is -2.05. The Bertz CT molecular complexity index is 492. The molecule has 0 saturated carbocycles. The Labute approximate surface area is 93.6 Å². The Kier molecular flexibility index (Phi) is 2.59. The van der Waals surface area contributed by atoms with Crippen LogP contribution in [-0.2, 0) is 6.54 Å². The van der Waals surface area contributed by atoms with Gasteiger partial charge < -0.3 is 14.8 Å². The zero-order valence-corrected chi connectivity index (χ0v) is 9.27. The number of hydrogen-bond acceptors (Lipinski definition) is 4. The first-order valence-electron chi connectivity index (χ1n) is 4.20. The maximum absolute atomic E-state index is 11.3. The standard InChI is InChI=1S/C9H8BrN3O2/c10-7-3-13(4-8(11)9(7)14)2-6-1-12-15-5-6/h1,3-5H,2,11H2. The molecule has 0 radical (unpaired) electrons. The van der Waals surface area contributed by atoms with Crippen molar-refractivity contribution in [3.63, 3.8) is 0 Å². The highest BCUT2D eigenvalue weighted by Crippen LogP contribution is 2.08. The van der Waals surface area contributed by atoms with Crippen LogP contribution in [0.5, 0.6) is 0 Å². The second kappa shape index (κ2) is 3.90. The molecule has 0 aliphatic heterocycles. The van der Waals surface area contributed by atoms with E-state index < -0.39 is 0 Å². The summed E-state index contributed by atoms with van der Waals surface area (Å²) in [7, 11) is 0. The molecular formula is C9H8BrN3O2. The Balaban J connectivity index is 2.34. The summed E-state index contributed by atoms with van der Waals surface area (Å²) in [4.78, 5) is 11.3. The maximum Gasteiger partial charge on any atom is 0.218 e. The highest BCUT2D eigenvalue weighted by molar-refractivity contribution is 9.10. The summed E-state index contributed by atoms with van der Waals surface area (Å²) in [5.74, 6) is 0. The summed E-state index contributed by atoms with van der Waals surface area (Å²) in [5.41, 5.74) is 6.47. The highest BCUT2D eigenvalue weighted by Gasteiger charge is 2.03. The van der Waals surface area contributed by atoms with Crippen LogP contribution >= 0.6 is 15.9 Å². The predicted molar refractivity (Wildman–Crippen MR) is 58.4 cm³/mol. The van der Waals surface area contributed by atoms with Crippen molar-refractivity contribution in [3.05, 3.63) is 45.1 Å². The Hall–Kier alpha value is -1.56. The average molecular weight is 270 g/mol. The third-order valence-corrected chi connectivity index (χ3v) is 2.48. The van der Waals surface area contributed by atoms with Gasteiger partial charge in [-0.05, 0) is 15.9 Å². The molecule has 0 spiro atoms. The first kappa shape index (κ1) is 9.97. The Morgan fingerprint density at radius 1 is 1.53 bits per heavy atom. The van der Waals surface area contributed by atoms with Crippen LogP contribution in [0.2, 0.25) is 0 Å². The number of aromatic nitrogens is 2. The van der Waals surface area contributed by atoms with E-state index in [0.29, 0.717) is 11.0 Å². The van der Waals surface area contributed by atoms with E-state index in [9.17, 15) is 4.79 Å². The molecule has 2 rings (SSSR count). The topological polar surface area (TPSA) is 74.1 Å². The third-order valence-electron chi connectivity index (χ3n) is 1.91. The minimum atomic E-state index is -0.198. The fourth-order valence-corrected chi connectivity index (χ4v) is 1.72. The fourth-order valence-electron chi connectivity index (χ4n) is 1.22. The van der Waals surface area contributed by atoms with Crippen LogP contribution in [0.4, 0.5) is 5.69 Å². The second-order valence-electron chi connectivity index (χ2n) is 3.10. The lowest BCUT2D eigenvalue weighted by Crippen LogP contribution is -2.13. The van der Waals surface area contributed by atoms with Crippen molar-refractivity contribution in [3.8, 4) is 0 Å². The molecule has 6 heteroatoms. The van der Waals surface area contributed by atoms with Crippen molar-refractivity contribution in [1.29, 1.82) is 0 Å². The van der Waals surface area contributed by atoms with Gasteiger partial charge in [0.25, 0.3) is 0 Å². The van der Waals surface area contributed by atoms with Gasteiger partial charge in [-0.3, -0.25) is 4.79 Å². The minimum Gasteiger partial charge on any atom is -0.394 e. The van der Waals surface area contributed by atoms with Crippen LogP contribution in [0.25, 0.3) is 0 Å². The van der Waals surface area contributed by atoms with Gasteiger partial charge in [0.2, 0.25) is 5.43 Å². The summed E-state index contributed by atoms with van der Waals surface area (Å²) >= 11 is 3.15. The SMILES string of the molecule is Nc1cn(Cc2cnoc2)cc(Br)c1=O. The number of anilines is 1. The molecule has 0 aliphatic carbocycles. The van der Waals surface area contributed by atoms with Gasteiger partial charge in [0, 0.05) is 18.0 Å². The van der Waals surface area contributed by atoms with E-state index in [-0.39, 0.29) is 11.1 Å². The van der Waals surface area contributed by atoms with E-state index in [1.54, 1.807) is 29.4 Å². The molecule has 2 N–H and O–H groups in total. The van der Waals surface area contributed by atoms with Gasteiger partial charge >= 0.3 is 0 Å². The van der Waals surface area contributed by atoms with Crippen molar-refractivity contribution in [2.75, 3.05) is 5.73 Å². The van der Waals surface area contributed by atoms with Crippen LogP contribution in [-0.4, -0.2) is 9.72 Å². The molecule has 5 nitrogen and oxygen atoms in total. The molecule has 0 aliphatic rings. The van der Waals surface area contributed by atoms with Crippen LogP contribution in [0, 0.1) is 0 Å². The zero-order chi connectivity index (χ0) is 10.8. The molecule has 0 bridgehead atoms. The number of halogens is 1. The number of nitrogens with two attached hydrogens (primary N) is 1. The van der Waals surface area contributed by atoms with Crippen molar-refractivity contribution in [1.82, 2.24) is 9.72 Å². The highest BCUT2D eigenvalue weighted by atomic mass is 79.9. The zero-order valence-electron chi connectivity index (χ0n) is 7.68. The first-order valence-corrected chi connectivity index (χ1v) is 4.99. The van der Waals surface area contributed by atoms with Crippen molar-refractivity contribution in [2.24, 2.45) is 0 Å². The van der Waals surface area contributed by atoms with Crippen LogP contribution < -0.4 is 11.2 Å². The molecule has 0 fully saturated rings. The molecule has 0 aromatic carbocycles. The molecule has 0 amide bonds. The number of rotatable bonds is 2. The van der Waals surface area contributed by atoms with E-state index in [4.69, 9.17) is 10.3 Å². The first-order chi connectivity index (χ1) is 7.16. The van der Waals surface area contributed by atoms with Crippen LogP contribution in [0.1, 0.15) is 5.56 Å². The van der Waals surface area contributed by atoms with Crippen LogP contribution in [0.15, 0.2) is 38.6 Å². The number of nitrogens with zero attached hydrogens (tertiary/aromatic N) is 2. The van der Waals surface area contributed by atoms with Gasteiger partial charge in [0.15, 0.2) is 0 Å². The Morgan fingerprint density at radius 3 is 2.93 bits per heavy atom. The van der Waals surface area contributed by atoms with Gasteiger partial charge in [-0.1, -0.05) is 5.16 Å². The van der Waals surface area contributed by atoms with Crippen LogP contribution in [0.3, 0.4) is 0 Å². The molecule has 0 saturated heterocycles. The normalized spacial score (nSPS) is 10.5. The van der Waals surface area contributed by atoms with Gasteiger partial charge in [-0.25, -0.2) is 0 Å². The summed E-state index contributed by atoms with van der Waals surface area (Å²) in [6.07, 6.45) is 6.41. The molecule has 78 valence electrons. The minimum absolute atomic E-state index is 0.198. The van der Waals surface area contributed by atoms with E-state index in [1.807, 2.05) is 0 Å². The molecular weight excluding hydrogens is 262 g/mol. The summed E-state index contributed by atoms with van der Waals surface area (Å²) in [5, 5.41) is 3.59. The van der Waals surface area contributed by atoms with E-state index in [1.165, 1.54) is 0 Å². The predicted octanol–water partition coefficient (Wildman–Crippen LogP) is 1.23. The fraction of sp³-hybridized carbons (Fsp3) is 0.111. The molecule has 2 heterocycles. The van der Waals surface area contributed by atoms with Gasteiger partial charge in [-0.15, -0.1) is 0 Å². The number of hydrogen-bond donors (Lipinski definition) is 1. The smallest absolute Gasteiger partial charge is 0.218 e. The number of pyridine rings is 1. The molecule has 0 unspecified atom stereocenters. The van der Waals surface area contributed by atoms with Gasteiger partial charge in [-0.2, -0.15) is 0 Å². The largest absolute Gasteiger partial charge is 0.394 e. The quantitative estimate of drug-likeness (QED) is 0.890. The lowest BCUT2D eigenvalue weighted by atomic mass is 10.3. The molecule has 0 atom stereocenters. The maximum atomic E-state index is 11.3. The molecule has 15 heavy (non-hydrogen) atoms. The molecule has 2 aromatic heterocycles. The second-order valence-corrected chi connectivity index (χ2v) is 3.95.